The van der Waals surface area contributed by atoms with Crippen molar-refractivity contribution in [1.29, 1.82) is 0 Å². The molecule has 3 rings (SSSR count). The van der Waals surface area contributed by atoms with Crippen LogP contribution in [-0.4, -0.2) is 11.2 Å². The van der Waals surface area contributed by atoms with E-state index in [0.717, 1.165) is 23.4 Å². The first-order valence-corrected chi connectivity index (χ1v) is 8.20. The molecule has 1 aromatic heterocycles. The maximum absolute atomic E-state index is 12.9. The molecule has 0 spiro atoms. The van der Waals surface area contributed by atoms with Crippen LogP contribution in [0.2, 0.25) is 0 Å². The maximum Gasteiger partial charge on any atom is 0.417 e. The first kappa shape index (κ1) is 19.3. The van der Waals surface area contributed by atoms with Gasteiger partial charge in [-0.15, -0.1) is 0 Å². The third-order valence-electron chi connectivity index (χ3n) is 3.66. The number of pyridine rings is 1. The van der Waals surface area contributed by atoms with Crippen molar-refractivity contribution in [2.24, 2.45) is 5.10 Å². The third kappa shape index (κ3) is 5.54. The predicted molar refractivity (Wildman–Crippen MR) is 97.6 cm³/mol. The van der Waals surface area contributed by atoms with Gasteiger partial charge < -0.3 is 4.74 Å². The molecule has 3 aromatic rings. The van der Waals surface area contributed by atoms with Crippen LogP contribution in [0.1, 0.15) is 16.7 Å². The minimum absolute atomic E-state index is 0.188. The molecule has 144 valence electrons. The molecule has 0 atom stereocenters. The highest BCUT2D eigenvalue weighted by atomic mass is 19.4. The average molecular weight is 389 g/mol. The van der Waals surface area contributed by atoms with Crippen LogP contribution in [0.3, 0.4) is 0 Å². The van der Waals surface area contributed by atoms with Crippen molar-refractivity contribution in [2.45, 2.75) is 12.8 Å². The summed E-state index contributed by atoms with van der Waals surface area (Å²) in [5.41, 5.74) is 3.29. The van der Waals surface area contributed by atoms with E-state index < -0.39 is 11.7 Å². The summed E-state index contributed by atoms with van der Waals surface area (Å²) in [6.45, 7) is 0.286. The van der Waals surface area contributed by atoms with Gasteiger partial charge >= 0.3 is 6.18 Å². The first-order chi connectivity index (χ1) is 13.4. The van der Waals surface area contributed by atoms with Gasteiger partial charge in [-0.25, -0.2) is 9.37 Å². The lowest BCUT2D eigenvalue weighted by Gasteiger charge is -2.07. The number of aromatic nitrogens is 1. The van der Waals surface area contributed by atoms with Gasteiger partial charge in [0, 0.05) is 6.20 Å². The molecule has 28 heavy (non-hydrogen) atoms. The number of benzene rings is 2. The van der Waals surface area contributed by atoms with Crippen LogP contribution in [0.4, 0.5) is 23.4 Å². The quantitative estimate of drug-likeness (QED) is 0.355. The zero-order valence-electron chi connectivity index (χ0n) is 14.4. The molecule has 1 heterocycles. The van der Waals surface area contributed by atoms with Crippen molar-refractivity contribution in [3.63, 3.8) is 0 Å². The van der Waals surface area contributed by atoms with Gasteiger partial charge in [0.1, 0.15) is 24.0 Å². The van der Waals surface area contributed by atoms with E-state index in [2.05, 4.69) is 15.5 Å². The molecule has 0 amide bonds. The Morgan fingerprint density at radius 1 is 1.04 bits per heavy atom. The summed E-state index contributed by atoms with van der Waals surface area (Å²) in [7, 11) is 0. The van der Waals surface area contributed by atoms with Crippen molar-refractivity contribution >= 4 is 12.0 Å². The Kier molecular flexibility index (Phi) is 5.88. The second kappa shape index (κ2) is 8.51. The van der Waals surface area contributed by atoms with Crippen LogP contribution in [0.25, 0.3) is 0 Å². The zero-order valence-corrected chi connectivity index (χ0v) is 14.4. The Hall–Kier alpha value is -3.42. The highest BCUT2D eigenvalue weighted by Crippen LogP contribution is 2.28. The number of ether oxygens (including phenoxy) is 1. The standard InChI is InChI=1S/C20H15F4N3O/c21-17-7-4-14(5-8-17)13-28-18-3-1-2-15(10-18)11-26-27-19-9-6-16(12-25-19)20(22,23)24/h1-12H,13H2,(H,25,27)/b26-11-. The van der Waals surface area contributed by atoms with Crippen molar-refractivity contribution in [1.82, 2.24) is 4.98 Å². The van der Waals surface area contributed by atoms with E-state index in [4.69, 9.17) is 4.74 Å². The molecular weight excluding hydrogens is 374 g/mol. The Balaban J connectivity index is 1.57. The van der Waals surface area contributed by atoms with E-state index in [1.807, 2.05) is 0 Å². The van der Waals surface area contributed by atoms with Crippen LogP contribution >= 0.6 is 0 Å². The third-order valence-corrected chi connectivity index (χ3v) is 3.66. The van der Waals surface area contributed by atoms with E-state index in [0.29, 0.717) is 5.75 Å². The van der Waals surface area contributed by atoms with Crippen LogP contribution in [-0.2, 0) is 12.8 Å². The molecule has 0 bridgehead atoms. The smallest absolute Gasteiger partial charge is 0.417 e. The van der Waals surface area contributed by atoms with Crippen molar-refractivity contribution in [3.05, 3.63) is 89.4 Å². The van der Waals surface area contributed by atoms with Gasteiger partial charge in [-0.3, -0.25) is 5.43 Å². The molecule has 0 radical (unpaired) electrons. The fraction of sp³-hybridized carbons (Fsp3) is 0.100. The molecule has 0 unspecified atom stereocenters. The number of anilines is 1. The molecule has 2 aromatic carbocycles. The Morgan fingerprint density at radius 2 is 1.82 bits per heavy atom. The van der Waals surface area contributed by atoms with Gasteiger partial charge in [0.25, 0.3) is 0 Å². The summed E-state index contributed by atoms with van der Waals surface area (Å²) < 4.78 is 56.1. The van der Waals surface area contributed by atoms with Crippen molar-refractivity contribution in [2.75, 3.05) is 5.43 Å². The molecule has 1 N–H and O–H groups in total. The molecule has 0 aliphatic heterocycles. The molecule has 0 aliphatic rings. The van der Waals surface area contributed by atoms with Crippen LogP contribution in [0, 0.1) is 5.82 Å². The number of hydrogen-bond donors (Lipinski definition) is 1. The second-order valence-electron chi connectivity index (χ2n) is 5.79. The lowest BCUT2D eigenvalue weighted by molar-refractivity contribution is -0.137. The minimum atomic E-state index is -4.43. The van der Waals surface area contributed by atoms with E-state index in [1.165, 1.54) is 24.4 Å². The average Bonchev–Trinajstić information content (AvgIpc) is 2.68. The Bertz CT molecular complexity index is 939. The zero-order chi connectivity index (χ0) is 20.0. The molecule has 0 fully saturated rings. The lowest BCUT2D eigenvalue weighted by atomic mass is 10.2. The number of alkyl halides is 3. The SMILES string of the molecule is Fc1ccc(COc2cccc(/C=N\Nc3ccc(C(F)(F)F)cn3)c2)cc1. The summed E-state index contributed by atoms with van der Waals surface area (Å²) in [6, 6.07) is 15.2. The fourth-order valence-corrected chi connectivity index (χ4v) is 2.23. The highest BCUT2D eigenvalue weighted by molar-refractivity contribution is 5.80. The van der Waals surface area contributed by atoms with E-state index in [-0.39, 0.29) is 18.2 Å². The van der Waals surface area contributed by atoms with Gasteiger partial charge in [0.2, 0.25) is 0 Å². The fourth-order valence-electron chi connectivity index (χ4n) is 2.23. The van der Waals surface area contributed by atoms with Crippen LogP contribution < -0.4 is 10.2 Å². The van der Waals surface area contributed by atoms with Crippen LogP contribution in [0.5, 0.6) is 5.75 Å². The van der Waals surface area contributed by atoms with Gasteiger partial charge in [0.05, 0.1) is 11.8 Å². The topological polar surface area (TPSA) is 46.5 Å². The first-order valence-electron chi connectivity index (χ1n) is 8.20. The lowest BCUT2D eigenvalue weighted by Crippen LogP contribution is -2.05. The van der Waals surface area contributed by atoms with Crippen molar-refractivity contribution in [3.8, 4) is 5.75 Å². The van der Waals surface area contributed by atoms with Crippen molar-refractivity contribution < 1.29 is 22.3 Å². The molecule has 8 heteroatoms. The highest BCUT2D eigenvalue weighted by Gasteiger charge is 2.30. The molecule has 0 aliphatic carbocycles. The molecule has 0 saturated carbocycles. The number of hydrazone groups is 1. The van der Waals surface area contributed by atoms with E-state index in [1.54, 1.807) is 36.4 Å². The summed E-state index contributed by atoms with van der Waals surface area (Å²) >= 11 is 0. The summed E-state index contributed by atoms with van der Waals surface area (Å²) in [6.07, 6.45) is -2.20. The molecule has 0 saturated heterocycles. The summed E-state index contributed by atoms with van der Waals surface area (Å²) in [5, 5.41) is 3.96. The number of halogens is 4. The Morgan fingerprint density at radius 3 is 2.50 bits per heavy atom. The van der Waals surface area contributed by atoms with Crippen LogP contribution in [0.15, 0.2) is 72.0 Å². The molecular formula is C20H15F4N3O. The van der Waals surface area contributed by atoms with E-state index >= 15 is 0 Å². The Labute approximate surface area is 158 Å². The summed E-state index contributed by atoms with van der Waals surface area (Å²) in [4.78, 5) is 3.67. The summed E-state index contributed by atoms with van der Waals surface area (Å²) in [5.74, 6) is 0.478. The predicted octanol–water partition coefficient (Wildman–Crippen LogP) is 5.26. The number of nitrogens with zero attached hydrogens (tertiary/aromatic N) is 2. The normalized spacial score (nSPS) is 11.6. The van der Waals surface area contributed by atoms with Gasteiger partial charge in [-0.2, -0.15) is 18.3 Å². The largest absolute Gasteiger partial charge is 0.489 e. The van der Waals surface area contributed by atoms with Gasteiger partial charge in [-0.1, -0.05) is 24.3 Å². The minimum Gasteiger partial charge on any atom is -0.489 e. The van der Waals surface area contributed by atoms with E-state index in [9.17, 15) is 17.6 Å². The maximum atomic E-state index is 12.9. The monoisotopic (exact) mass is 389 g/mol. The van der Waals surface area contributed by atoms with Gasteiger partial charge in [-0.05, 0) is 47.5 Å². The number of hydrogen-bond acceptors (Lipinski definition) is 4. The second-order valence-corrected chi connectivity index (χ2v) is 5.79. The number of rotatable bonds is 6. The number of nitrogens with one attached hydrogen (secondary N) is 1. The molecule has 4 nitrogen and oxygen atoms in total. The van der Waals surface area contributed by atoms with Gasteiger partial charge in [0.15, 0.2) is 0 Å².